The molecule has 2 aromatic carbocycles. The molecule has 0 saturated carbocycles. The summed E-state index contributed by atoms with van der Waals surface area (Å²) >= 11 is 5.50. The van der Waals surface area contributed by atoms with Crippen molar-refractivity contribution >= 4 is 40.8 Å². The number of benzene rings is 2. The van der Waals surface area contributed by atoms with Gasteiger partial charge in [-0.3, -0.25) is 9.59 Å². The van der Waals surface area contributed by atoms with E-state index in [9.17, 15) is 14.4 Å². The molecule has 1 unspecified atom stereocenters. The molecule has 3 rings (SSSR count). The zero-order chi connectivity index (χ0) is 21.7. The van der Waals surface area contributed by atoms with Gasteiger partial charge in [0, 0.05) is 13.1 Å². The summed E-state index contributed by atoms with van der Waals surface area (Å²) in [5, 5.41) is 3.51. The Morgan fingerprint density at radius 2 is 1.83 bits per heavy atom. The number of thiocarbonyl (C=S) groups is 1. The molecule has 1 N–H and O–H groups in total. The number of nitrogens with zero attached hydrogens (tertiary/aromatic N) is 2. The molecule has 7 nitrogen and oxygen atoms in total. The van der Waals surface area contributed by atoms with Crippen LogP contribution in [0.25, 0.3) is 0 Å². The van der Waals surface area contributed by atoms with Gasteiger partial charge in [0.1, 0.15) is 6.04 Å². The summed E-state index contributed by atoms with van der Waals surface area (Å²) in [6.07, 6.45) is 0.0238. The van der Waals surface area contributed by atoms with Crippen molar-refractivity contribution in [1.29, 1.82) is 0 Å². The lowest BCUT2D eigenvalue weighted by Gasteiger charge is -2.30. The molecule has 2 aromatic rings. The monoisotopic (exact) mass is 425 g/mol. The fourth-order valence-electron chi connectivity index (χ4n) is 3.35. The average Bonchev–Trinajstić information content (AvgIpc) is 3.06. The van der Waals surface area contributed by atoms with Gasteiger partial charge in [-0.2, -0.15) is 0 Å². The zero-order valence-corrected chi connectivity index (χ0v) is 17.6. The Labute approximate surface area is 180 Å². The molecule has 0 aliphatic carbocycles. The lowest BCUT2D eigenvalue weighted by molar-refractivity contribution is -0.122. The molecule has 2 amide bonds. The summed E-state index contributed by atoms with van der Waals surface area (Å²) in [5.41, 5.74) is 1.74. The molecule has 8 heteroatoms. The summed E-state index contributed by atoms with van der Waals surface area (Å²) in [7, 11) is 1.29. The molecule has 156 valence electrons. The Balaban J connectivity index is 1.86. The van der Waals surface area contributed by atoms with E-state index in [0.717, 1.165) is 10.5 Å². The van der Waals surface area contributed by atoms with E-state index in [-0.39, 0.29) is 18.2 Å². The fraction of sp³-hybridized carbons (Fsp3) is 0.273. The van der Waals surface area contributed by atoms with Crippen LogP contribution in [0.15, 0.2) is 54.6 Å². The largest absolute Gasteiger partial charge is 0.465 e. The van der Waals surface area contributed by atoms with Gasteiger partial charge in [-0.1, -0.05) is 30.3 Å². The molecule has 0 spiro atoms. The van der Waals surface area contributed by atoms with Crippen LogP contribution < -0.4 is 10.2 Å². The van der Waals surface area contributed by atoms with Gasteiger partial charge in [-0.05, 0) is 49.0 Å². The predicted molar refractivity (Wildman–Crippen MR) is 117 cm³/mol. The smallest absolute Gasteiger partial charge is 0.337 e. The number of nitrogens with one attached hydrogen (secondary N) is 1. The molecule has 0 aromatic heterocycles. The van der Waals surface area contributed by atoms with Gasteiger partial charge in [0.25, 0.3) is 5.91 Å². The van der Waals surface area contributed by atoms with E-state index >= 15 is 0 Å². The third-order valence-electron chi connectivity index (χ3n) is 4.83. The van der Waals surface area contributed by atoms with Crippen molar-refractivity contribution in [2.24, 2.45) is 0 Å². The first-order valence-electron chi connectivity index (χ1n) is 9.59. The number of amides is 2. The molecule has 1 fully saturated rings. The van der Waals surface area contributed by atoms with Crippen LogP contribution in [-0.2, 0) is 20.9 Å². The average molecular weight is 426 g/mol. The maximum Gasteiger partial charge on any atom is 0.337 e. The molecule has 1 aliphatic heterocycles. The minimum atomic E-state index is -0.704. The number of methoxy groups -OCH3 is 1. The Hall–Kier alpha value is -3.26. The maximum absolute atomic E-state index is 13.2. The number of imide groups is 1. The molecule has 1 atom stereocenters. The molecule has 0 bridgehead atoms. The number of ether oxygens (including phenoxy) is 1. The van der Waals surface area contributed by atoms with Crippen molar-refractivity contribution in [3.8, 4) is 0 Å². The molecule has 1 saturated heterocycles. The van der Waals surface area contributed by atoms with E-state index < -0.39 is 12.0 Å². The second kappa shape index (κ2) is 9.49. The number of esters is 1. The quantitative estimate of drug-likeness (QED) is 0.433. The SMILES string of the molecule is CCNC(=S)N(Cc1ccccc1)C1CC(=O)N(c2ccc(C(=O)OC)cc2)C1=O. The first kappa shape index (κ1) is 21.4. The summed E-state index contributed by atoms with van der Waals surface area (Å²) < 4.78 is 4.68. The predicted octanol–water partition coefficient (Wildman–Crippen LogP) is 2.50. The standard InChI is InChI=1S/C22H23N3O4S/c1-3-23-22(30)24(14-15-7-5-4-6-8-15)18-13-19(26)25(20(18)27)17-11-9-16(10-12-17)21(28)29-2/h4-12,18H,3,13-14H2,1-2H3,(H,23,30). The van der Waals surface area contributed by atoms with E-state index in [0.29, 0.717) is 29.5 Å². The molecular formula is C22H23N3O4S. The summed E-state index contributed by atoms with van der Waals surface area (Å²) in [4.78, 5) is 40.5. The van der Waals surface area contributed by atoms with Gasteiger partial charge in [0.05, 0.1) is 24.8 Å². The number of rotatable bonds is 6. The summed E-state index contributed by atoms with van der Waals surface area (Å²) in [6.45, 7) is 2.94. The van der Waals surface area contributed by atoms with Gasteiger partial charge in [-0.25, -0.2) is 9.69 Å². The Morgan fingerprint density at radius 3 is 2.43 bits per heavy atom. The van der Waals surface area contributed by atoms with Crippen LogP contribution in [-0.4, -0.2) is 47.5 Å². The molecule has 0 radical (unpaired) electrons. The lowest BCUT2D eigenvalue weighted by Crippen LogP contribution is -2.49. The van der Waals surface area contributed by atoms with Crippen LogP contribution in [0.3, 0.4) is 0 Å². The van der Waals surface area contributed by atoms with Crippen LogP contribution in [0.4, 0.5) is 5.69 Å². The van der Waals surface area contributed by atoms with Crippen molar-refractivity contribution in [3.63, 3.8) is 0 Å². The van der Waals surface area contributed by atoms with Crippen molar-refractivity contribution in [3.05, 3.63) is 65.7 Å². The van der Waals surface area contributed by atoms with Gasteiger partial charge in [0.2, 0.25) is 5.91 Å². The summed E-state index contributed by atoms with van der Waals surface area (Å²) in [5.74, 6) is -1.14. The lowest BCUT2D eigenvalue weighted by atomic mass is 10.1. The summed E-state index contributed by atoms with van der Waals surface area (Å²) in [6, 6.07) is 15.1. The topological polar surface area (TPSA) is 79.0 Å². The van der Waals surface area contributed by atoms with Crippen LogP contribution >= 0.6 is 12.2 Å². The van der Waals surface area contributed by atoms with Crippen LogP contribution in [0, 0.1) is 0 Å². The van der Waals surface area contributed by atoms with E-state index in [2.05, 4.69) is 10.1 Å². The van der Waals surface area contributed by atoms with Gasteiger partial charge < -0.3 is 15.0 Å². The van der Waals surface area contributed by atoms with Crippen LogP contribution in [0.1, 0.15) is 29.3 Å². The number of hydrogen-bond acceptors (Lipinski definition) is 5. The Kier molecular flexibility index (Phi) is 6.79. The van der Waals surface area contributed by atoms with E-state index in [1.54, 1.807) is 17.0 Å². The van der Waals surface area contributed by atoms with E-state index in [1.807, 2.05) is 37.3 Å². The second-order valence-electron chi connectivity index (χ2n) is 6.77. The molecular weight excluding hydrogens is 402 g/mol. The van der Waals surface area contributed by atoms with Crippen molar-refractivity contribution < 1.29 is 19.1 Å². The first-order chi connectivity index (χ1) is 14.5. The Morgan fingerprint density at radius 1 is 1.17 bits per heavy atom. The second-order valence-corrected chi connectivity index (χ2v) is 7.16. The number of anilines is 1. The third kappa shape index (κ3) is 4.49. The number of hydrogen-bond donors (Lipinski definition) is 1. The van der Waals surface area contributed by atoms with Gasteiger partial charge in [0.15, 0.2) is 5.11 Å². The normalized spacial score (nSPS) is 15.8. The minimum Gasteiger partial charge on any atom is -0.465 e. The van der Waals surface area contributed by atoms with Crippen molar-refractivity contribution in [2.45, 2.75) is 25.9 Å². The van der Waals surface area contributed by atoms with Crippen molar-refractivity contribution in [2.75, 3.05) is 18.6 Å². The third-order valence-corrected chi connectivity index (χ3v) is 5.21. The van der Waals surface area contributed by atoms with Crippen molar-refractivity contribution in [1.82, 2.24) is 10.2 Å². The highest BCUT2D eigenvalue weighted by Gasteiger charge is 2.43. The molecule has 1 aliphatic rings. The minimum absolute atomic E-state index is 0.0238. The highest BCUT2D eigenvalue weighted by atomic mass is 32.1. The molecule has 1 heterocycles. The number of carbonyl (C=O) groups excluding carboxylic acids is 3. The first-order valence-corrected chi connectivity index (χ1v) is 10.0. The van der Waals surface area contributed by atoms with Gasteiger partial charge >= 0.3 is 5.97 Å². The van der Waals surface area contributed by atoms with Gasteiger partial charge in [-0.15, -0.1) is 0 Å². The van der Waals surface area contributed by atoms with Crippen LogP contribution in [0.5, 0.6) is 0 Å². The zero-order valence-electron chi connectivity index (χ0n) is 16.8. The van der Waals surface area contributed by atoms with E-state index in [1.165, 1.54) is 19.2 Å². The fourth-order valence-corrected chi connectivity index (χ4v) is 3.69. The maximum atomic E-state index is 13.2. The molecule has 30 heavy (non-hydrogen) atoms. The van der Waals surface area contributed by atoms with E-state index in [4.69, 9.17) is 12.2 Å². The Bertz CT molecular complexity index is 947. The highest BCUT2D eigenvalue weighted by Crippen LogP contribution is 2.27. The van der Waals surface area contributed by atoms with Crippen LogP contribution in [0.2, 0.25) is 0 Å². The highest BCUT2D eigenvalue weighted by molar-refractivity contribution is 7.80. The number of carbonyl (C=O) groups is 3.